The molecule has 0 atom stereocenters. The first-order chi connectivity index (χ1) is 9.15. The molecule has 0 aliphatic carbocycles. The van der Waals surface area contributed by atoms with Crippen molar-refractivity contribution in [3.8, 4) is 0 Å². The summed E-state index contributed by atoms with van der Waals surface area (Å²) >= 11 is 11.6. The van der Waals surface area contributed by atoms with E-state index in [4.69, 9.17) is 27.9 Å². The lowest BCUT2D eigenvalue weighted by Crippen LogP contribution is -2.08. The van der Waals surface area contributed by atoms with Crippen molar-refractivity contribution in [1.29, 1.82) is 0 Å². The summed E-state index contributed by atoms with van der Waals surface area (Å²) < 4.78 is 5.15. The number of halogens is 2. The van der Waals surface area contributed by atoms with Gasteiger partial charge in [-0.2, -0.15) is 0 Å². The zero-order valence-corrected chi connectivity index (χ0v) is 11.5. The third-order valence-electron chi connectivity index (χ3n) is 2.48. The van der Waals surface area contributed by atoms with Gasteiger partial charge in [-0.05, 0) is 17.7 Å². The Kier molecular flexibility index (Phi) is 4.77. The quantitative estimate of drug-likeness (QED) is 0.638. The Bertz CT molecular complexity index is 570. The summed E-state index contributed by atoms with van der Waals surface area (Å²) in [6.07, 6.45) is 1.73. The molecule has 0 saturated heterocycles. The van der Waals surface area contributed by atoms with Crippen LogP contribution >= 0.6 is 23.2 Å². The van der Waals surface area contributed by atoms with Gasteiger partial charge in [0.1, 0.15) is 11.8 Å². The predicted molar refractivity (Wildman–Crippen MR) is 74.2 cm³/mol. The van der Waals surface area contributed by atoms with E-state index in [9.17, 15) is 4.79 Å². The van der Waals surface area contributed by atoms with Crippen LogP contribution in [0.25, 0.3) is 0 Å². The minimum Gasteiger partial charge on any atom is -0.460 e. The number of hydrogen-bond acceptors (Lipinski definition) is 3. The number of benzene rings is 1. The molecule has 1 heterocycles. The Labute approximate surface area is 121 Å². The molecule has 0 fully saturated rings. The van der Waals surface area contributed by atoms with Gasteiger partial charge in [0.05, 0.1) is 6.42 Å². The average molecular weight is 296 g/mol. The molecule has 98 valence electrons. The smallest absolute Gasteiger partial charge is 0.310 e. The summed E-state index contributed by atoms with van der Waals surface area (Å²) in [5, 5.41) is 0.971. The second-order valence-electron chi connectivity index (χ2n) is 3.92. The van der Waals surface area contributed by atoms with Crippen molar-refractivity contribution in [2.45, 2.75) is 13.0 Å². The fourth-order valence-corrected chi connectivity index (χ4v) is 1.82. The zero-order valence-electron chi connectivity index (χ0n) is 9.98. The van der Waals surface area contributed by atoms with E-state index in [0.29, 0.717) is 10.2 Å². The highest BCUT2D eigenvalue weighted by atomic mass is 35.5. The second kappa shape index (κ2) is 6.55. The zero-order chi connectivity index (χ0) is 13.7. The molecule has 0 unspecified atom stereocenters. The van der Waals surface area contributed by atoms with Crippen LogP contribution in [0.15, 0.2) is 42.6 Å². The van der Waals surface area contributed by atoms with E-state index in [1.165, 1.54) is 0 Å². The van der Waals surface area contributed by atoms with E-state index >= 15 is 0 Å². The largest absolute Gasteiger partial charge is 0.460 e. The highest BCUT2D eigenvalue weighted by Crippen LogP contribution is 2.16. The van der Waals surface area contributed by atoms with Crippen molar-refractivity contribution < 1.29 is 9.53 Å². The van der Waals surface area contributed by atoms with E-state index in [0.717, 1.165) is 11.1 Å². The standard InChI is InChI=1S/C14H11Cl2NO2/c15-12-4-2-1-3-11(12)7-14(18)19-9-10-5-6-13(16)17-8-10/h1-6,8H,7,9H2. The van der Waals surface area contributed by atoms with Crippen LogP contribution in [-0.4, -0.2) is 11.0 Å². The van der Waals surface area contributed by atoms with Crippen LogP contribution in [0.2, 0.25) is 10.2 Å². The van der Waals surface area contributed by atoms with Crippen molar-refractivity contribution in [2.75, 3.05) is 0 Å². The van der Waals surface area contributed by atoms with Crippen molar-refractivity contribution in [3.63, 3.8) is 0 Å². The summed E-state index contributed by atoms with van der Waals surface area (Å²) in [5.74, 6) is -0.331. The molecule has 1 aromatic carbocycles. The van der Waals surface area contributed by atoms with Crippen LogP contribution < -0.4 is 0 Å². The topological polar surface area (TPSA) is 39.2 Å². The van der Waals surface area contributed by atoms with Crippen LogP contribution in [0.3, 0.4) is 0 Å². The van der Waals surface area contributed by atoms with Crippen LogP contribution in [-0.2, 0) is 22.6 Å². The third kappa shape index (κ3) is 4.23. The summed E-state index contributed by atoms with van der Waals surface area (Å²) in [7, 11) is 0. The van der Waals surface area contributed by atoms with E-state index in [1.807, 2.05) is 12.1 Å². The molecular weight excluding hydrogens is 285 g/mol. The number of carbonyl (C=O) groups excluding carboxylic acids is 1. The van der Waals surface area contributed by atoms with Crippen LogP contribution in [0.5, 0.6) is 0 Å². The molecule has 0 saturated carbocycles. The van der Waals surface area contributed by atoms with Gasteiger partial charge in [-0.1, -0.05) is 47.5 Å². The average Bonchev–Trinajstić information content (AvgIpc) is 2.41. The maximum absolute atomic E-state index is 11.7. The molecule has 0 N–H and O–H groups in total. The monoisotopic (exact) mass is 295 g/mol. The first-order valence-corrected chi connectivity index (χ1v) is 6.40. The van der Waals surface area contributed by atoms with E-state index in [-0.39, 0.29) is 19.0 Å². The number of carbonyl (C=O) groups is 1. The van der Waals surface area contributed by atoms with Crippen LogP contribution in [0.4, 0.5) is 0 Å². The van der Waals surface area contributed by atoms with Gasteiger partial charge in [0, 0.05) is 16.8 Å². The fourth-order valence-electron chi connectivity index (χ4n) is 1.50. The minimum atomic E-state index is -0.331. The second-order valence-corrected chi connectivity index (χ2v) is 4.71. The van der Waals surface area contributed by atoms with Crippen molar-refractivity contribution >= 4 is 29.2 Å². The van der Waals surface area contributed by atoms with Gasteiger partial charge < -0.3 is 4.74 Å². The van der Waals surface area contributed by atoms with Crippen molar-refractivity contribution in [1.82, 2.24) is 4.98 Å². The predicted octanol–water partition coefficient (Wildman–Crippen LogP) is 3.67. The molecule has 0 amide bonds. The molecule has 2 rings (SSSR count). The van der Waals surface area contributed by atoms with Gasteiger partial charge in [-0.3, -0.25) is 4.79 Å². The summed E-state index contributed by atoms with van der Waals surface area (Å²) in [5.41, 5.74) is 1.54. The normalized spacial score (nSPS) is 10.2. The van der Waals surface area contributed by atoms with Crippen LogP contribution in [0.1, 0.15) is 11.1 Å². The van der Waals surface area contributed by atoms with Gasteiger partial charge >= 0.3 is 5.97 Å². The molecular formula is C14H11Cl2NO2. The first-order valence-electron chi connectivity index (χ1n) is 5.64. The number of nitrogens with zero attached hydrogens (tertiary/aromatic N) is 1. The lowest BCUT2D eigenvalue weighted by molar-refractivity contribution is -0.144. The maximum atomic E-state index is 11.7. The van der Waals surface area contributed by atoms with Gasteiger partial charge in [0.2, 0.25) is 0 Å². The van der Waals surface area contributed by atoms with Crippen LogP contribution in [0, 0.1) is 0 Å². The summed E-state index contributed by atoms with van der Waals surface area (Å²) in [6.45, 7) is 0.174. The lowest BCUT2D eigenvalue weighted by atomic mass is 10.1. The molecule has 5 heteroatoms. The first kappa shape index (κ1) is 13.8. The molecule has 0 aliphatic rings. The Balaban J connectivity index is 1.88. The lowest BCUT2D eigenvalue weighted by Gasteiger charge is -2.06. The Hall–Kier alpha value is -1.58. The van der Waals surface area contributed by atoms with Gasteiger partial charge in [0.25, 0.3) is 0 Å². The maximum Gasteiger partial charge on any atom is 0.310 e. The number of hydrogen-bond donors (Lipinski definition) is 0. The van der Waals surface area contributed by atoms with E-state index in [2.05, 4.69) is 4.98 Å². The van der Waals surface area contributed by atoms with E-state index < -0.39 is 0 Å². The number of esters is 1. The van der Waals surface area contributed by atoms with Gasteiger partial charge in [0.15, 0.2) is 0 Å². The molecule has 0 spiro atoms. The Morgan fingerprint density at radius 2 is 1.95 bits per heavy atom. The number of rotatable bonds is 4. The number of ether oxygens (including phenoxy) is 1. The molecule has 19 heavy (non-hydrogen) atoms. The Morgan fingerprint density at radius 3 is 2.63 bits per heavy atom. The summed E-state index contributed by atoms with van der Waals surface area (Å²) in [6, 6.07) is 10.6. The van der Waals surface area contributed by atoms with Gasteiger partial charge in [-0.15, -0.1) is 0 Å². The highest BCUT2D eigenvalue weighted by molar-refractivity contribution is 6.31. The molecule has 0 radical (unpaired) electrons. The SMILES string of the molecule is O=C(Cc1ccccc1Cl)OCc1ccc(Cl)nc1. The molecule has 0 bridgehead atoms. The molecule has 2 aromatic rings. The molecule has 1 aromatic heterocycles. The highest BCUT2D eigenvalue weighted by Gasteiger charge is 2.08. The van der Waals surface area contributed by atoms with Gasteiger partial charge in [-0.25, -0.2) is 4.98 Å². The molecule has 0 aliphatic heterocycles. The van der Waals surface area contributed by atoms with Crippen molar-refractivity contribution in [2.24, 2.45) is 0 Å². The fraction of sp³-hybridized carbons (Fsp3) is 0.143. The summed E-state index contributed by atoms with van der Waals surface area (Å²) in [4.78, 5) is 15.6. The van der Waals surface area contributed by atoms with Crippen molar-refractivity contribution in [3.05, 3.63) is 63.9 Å². The third-order valence-corrected chi connectivity index (χ3v) is 3.07. The number of pyridine rings is 1. The Morgan fingerprint density at radius 1 is 1.16 bits per heavy atom. The number of aromatic nitrogens is 1. The molecule has 3 nitrogen and oxygen atoms in total. The van der Waals surface area contributed by atoms with E-state index in [1.54, 1.807) is 30.5 Å². The minimum absolute atomic E-state index is 0.153.